The lowest BCUT2D eigenvalue weighted by molar-refractivity contribution is -0.605. The van der Waals surface area contributed by atoms with E-state index in [-0.39, 0.29) is 12.5 Å². The average molecular weight is 465 g/mol. The maximum absolute atomic E-state index is 12.2. The molecule has 11 heteroatoms. The van der Waals surface area contributed by atoms with E-state index in [0.717, 1.165) is 0 Å². The van der Waals surface area contributed by atoms with Crippen LogP contribution >= 0.6 is 0 Å². The monoisotopic (exact) mass is 464 g/mol. The molecule has 0 atom stereocenters. The minimum atomic E-state index is -1.09. The number of hydrogen-bond acceptors (Lipinski definition) is 8. The van der Waals surface area contributed by atoms with Crippen molar-refractivity contribution in [3.8, 4) is 17.1 Å². The molecule has 4 rings (SSSR count). The van der Waals surface area contributed by atoms with Crippen molar-refractivity contribution in [2.24, 2.45) is 0 Å². The number of para-hydroxylation sites is 1. The van der Waals surface area contributed by atoms with E-state index >= 15 is 0 Å². The molecule has 0 aliphatic heterocycles. The standard InChI is InChI=1S/C23H25N7O4/c1-23(2,13-33-3)18-10-5-7-14(30(18)22(31)32)11-29-12-16(27-28-29)19-15-8-6-9-17(34-4)20(15)26-21(24)25-19/h5-10,12H,11,13H2,1-4H3,(H2-,24,25,26,31,32)/p+1. The quantitative estimate of drug-likeness (QED) is 0.394. The van der Waals surface area contributed by atoms with Gasteiger partial charge in [0.25, 0.3) is 0 Å². The predicted molar refractivity (Wildman–Crippen MR) is 124 cm³/mol. The number of aromatic nitrogens is 6. The molecule has 0 radical (unpaired) electrons. The third kappa shape index (κ3) is 4.25. The number of pyridine rings is 1. The van der Waals surface area contributed by atoms with Gasteiger partial charge in [-0.15, -0.1) is 5.10 Å². The number of anilines is 1. The van der Waals surface area contributed by atoms with Crippen LogP contribution in [0.2, 0.25) is 0 Å². The zero-order valence-corrected chi connectivity index (χ0v) is 19.4. The normalized spacial score (nSPS) is 11.6. The second kappa shape index (κ2) is 9.02. The smallest absolute Gasteiger partial charge is 0.494 e. The number of hydrogen-bond donors (Lipinski definition) is 2. The highest BCUT2D eigenvalue weighted by atomic mass is 16.5. The second-order valence-corrected chi connectivity index (χ2v) is 8.43. The molecule has 34 heavy (non-hydrogen) atoms. The van der Waals surface area contributed by atoms with Crippen molar-refractivity contribution in [3.05, 3.63) is 54.0 Å². The Morgan fingerprint density at radius 3 is 2.65 bits per heavy atom. The highest BCUT2D eigenvalue weighted by Gasteiger charge is 2.36. The first-order valence-corrected chi connectivity index (χ1v) is 10.5. The third-order valence-electron chi connectivity index (χ3n) is 5.49. The van der Waals surface area contributed by atoms with E-state index in [1.165, 1.54) is 4.57 Å². The largest absolute Gasteiger partial charge is 0.600 e. The minimum absolute atomic E-state index is 0.0818. The molecule has 3 heterocycles. The summed E-state index contributed by atoms with van der Waals surface area (Å²) in [7, 11) is 3.15. The van der Waals surface area contributed by atoms with Gasteiger partial charge in [0, 0.05) is 24.6 Å². The van der Waals surface area contributed by atoms with Gasteiger partial charge in [-0.1, -0.05) is 21.9 Å². The fourth-order valence-electron chi connectivity index (χ4n) is 4.02. The van der Waals surface area contributed by atoms with Crippen molar-refractivity contribution in [3.63, 3.8) is 0 Å². The lowest BCUT2D eigenvalue weighted by atomic mass is 9.89. The van der Waals surface area contributed by atoms with Crippen molar-refractivity contribution in [2.75, 3.05) is 26.6 Å². The Hall–Kier alpha value is -4.12. The Balaban J connectivity index is 1.75. The summed E-state index contributed by atoms with van der Waals surface area (Å²) in [6, 6.07) is 10.8. The molecule has 0 saturated carbocycles. The van der Waals surface area contributed by atoms with Gasteiger partial charge in [0.05, 0.1) is 25.3 Å². The van der Waals surface area contributed by atoms with Gasteiger partial charge in [0.2, 0.25) is 17.3 Å². The number of nitrogen functional groups attached to an aromatic ring is 1. The van der Waals surface area contributed by atoms with Crippen molar-refractivity contribution < 1.29 is 23.9 Å². The van der Waals surface area contributed by atoms with E-state index in [9.17, 15) is 9.90 Å². The molecule has 0 saturated heterocycles. The summed E-state index contributed by atoms with van der Waals surface area (Å²) >= 11 is 0. The van der Waals surface area contributed by atoms with Crippen LogP contribution in [0.1, 0.15) is 25.2 Å². The predicted octanol–water partition coefficient (Wildman–Crippen LogP) is 2.26. The topological polar surface area (TPSA) is 142 Å². The molecule has 1 aromatic carbocycles. The first-order chi connectivity index (χ1) is 16.2. The Morgan fingerprint density at radius 2 is 1.94 bits per heavy atom. The van der Waals surface area contributed by atoms with Crippen LogP contribution in [0, 0.1) is 0 Å². The van der Waals surface area contributed by atoms with E-state index in [4.69, 9.17) is 15.2 Å². The summed E-state index contributed by atoms with van der Waals surface area (Å²) < 4.78 is 13.5. The molecule has 0 unspecified atom stereocenters. The fourth-order valence-corrected chi connectivity index (χ4v) is 4.02. The Morgan fingerprint density at radius 1 is 1.18 bits per heavy atom. The first-order valence-electron chi connectivity index (χ1n) is 10.5. The molecule has 176 valence electrons. The molecular formula is C23H26N7O4+. The molecule has 0 aliphatic rings. The van der Waals surface area contributed by atoms with Crippen LogP contribution in [-0.2, 0) is 16.7 Å². The van der Waals surface area contributed by atoms with Gasteiger partial charge < -0.3 is 20.3 Å². The van der Waals surface area contributed by atoms with Gasteiger partial charge in [-0.05, 0) is 26.0 Å². The number of nitrogens with two attached hydrogens (primary N) is 1. The Labute approximate surface area is 195 Å². The zero-order valence-electron chi connectivity index (χ0n) is 19.4. The fraction of sp³-hybridized carbons (Fsp3) is 0.304. The molecule has 0 fully saturated rings. The lowest BCUT2D eigenvalue weighted by Crippen LogP contribution is -2.53. The number of carboxylic acid groups (broad SMARTS) is 1. The molecule has 3 aromatic heterocycles. The second-order valence-electron chi connectivity index (χ2n) is 8.43. The van der Waals surface area contributed by atoms with E-state index in [1.54, 1.807) is 43.3 Å². The van der Waals surface area contributed by atoms with Gasteiger partial charge in [-0.2, -0.15) is 4.79 Å². The van der Waals surface area contributed by atoms with Crippen LogP contribution in [-0.4, -0.2) is 57.0 Å². The summed E-state index contributed by atoms with van der Waals surface area (Å²) in [5, 5.41) is 19.1. The average Bonchev–Trinajstić information content (AvgIpc) is 3.26. The number of carbonyl (C=O) groups is 1. The van der Waals surface area contributed by atoms with Gasteiger partial charge in [0.15, 0.2) is 0 Å². The number of nitrogens with zero attached hydrogens (tertiary/aromatic N) is 6. The number of fused-ring (bicyclic) bond motifs is 1. The van der Waals surface area contributed by atoms with Crippen LogP contribution in [0.4, 0.5) is 10.7 Å². The van der Waals surface area contributed by atoms with Crippen LogP contribution in [0.5, 0.6) is 5.75 Å². The molecule has 0 aliphatic carbocycles. The summed E-state index contributed by atoms with van der Waals surface area (Å²) in [4.78, 5) is 20.8. The number of benzene rings is 1. The first kappa shape index (κ1) is 23.1. The summed E-state index contributed by atoms with van der Waals surface area (Å²) in [6.45, 7) is 4.41. The third-order valence-corrected chi connectivity index (χ3v) is 5.49. The highest BCUT2D eigenvalue weighted by molar-refractivity contribution is 5.95. The van der Waals surface area contributed by atoms with Crippen LogP contribution in [0.3, 0.4) is 0 Å². The van der Waals surface area contributed by atoms with E-state index in [1.807, 2.05) is 32.0 Å². The summed E-state index contributed by atoms with van der Waals surface area (Å²) in [6.07, 6.45) is 0.608. The Kier molecular flexibility index (Phi) is 6.12. The SMILES string of the molecule is COCC(C)(C)c1cccc(Cn2cc(-c3nc(N)nc4c(OC)cccc34)nn2)[n+]1C(=O)O. The van der Waals surface area contributed by atoms with Crippen molar-refractivity contribution in [1.29, 1.82) is 0 Å². The molecule has 0 amide bonds. The molecular weight excluding hydrogens is 438 g/mol. The summed E-state index contributed by atoms with van der Waals surface area (Å²) in [5.41, 5.74) is 8.11. The van der Waals surface area contributed by atoms with Crippen molar-refractivity contribution in [2.45, 2.75) is 25.8 Å². The van der Waals surface area contributed by atoms with Gasteiger partial charge in [0.1, 0.15) is 29.2 Å². The van der Waals surface area contributed by atoms with Crippen molar-refractivity contribution in [1.82, 2.24) is 25.0 Å². The van der Waals surface area contributed by atoms with Crippen LogP contribution < -0.4 is 15.0 Å². The molecule has 4 aromatic rings. The number of methoxy groups -OCH3 is 2. The van der Waals surface area contributed by atoms with E-state index in [2.05, 4.69) is 20.3 Å². The number of rotatable bonds is 7. The zero-order chi connectivity index (χ0) is 24.5. The highest BCUT2D eigenvalue weighted by Crippen LogP contribution is 2.30. The molecule has 3 N–H and O–H groups in total. The van der Waals surface area contributed by atoms with Crippen molar-refractivity contribution >= 4 is 22.9 Å². The summed E-state index contributed by atoms with van der Waals surface area (Å²) in [5.74, 6) is 0.650. The van der Waals surface area contributed by atoms with Gasteiger partial charge in [-0.25, -0.2) is 14.6 Å². The van der Waals surface area contributed by atoms with Gasteiger partial charge >= 0.3 is 6.09 Å². The molecule has 0 spiro atoms. The van der Waals surface area contributed by atoms with E-state index in [0.29, 0.717) is 46.0 Å². The van der Waals surface area contributed by atoms with Gasteiger partial charge in [-0.3, -0.25) is 0 Å². The minimum Gasteiger partial charge on any atom is -0.494 e. The van der Waals surface area contributed by atoms with Crippen LogP contribution in [0.25, 0.3) is 22.3 Å². The van der Waals surface area contributed by atoms with Crippen LogP contribution in [0.15, 0.2) is 42.6 Å². The number of ether oxygens (including phenoxy) is 2. The maximum Gasteiger partial charge on any atom is 0.600 e. The van der Waals surface area contributed by atoms with E-state index < -0.39 is 11.5 Å². The Bertz CT molecular complexity index is 1370. The maximum atomic E-state index is 12.2. The molecule has 11 nitrogen and oxygen atoms in total. The lowest BCUT2D eigenvalue weighted by Gasteiger charge is -2.21. The molecule has 0 bridgehead atoms.